The standard InChI is InChI=1S/C16H21F3N2O2/c1-11(23-2)15(22)20-14-7-8-21(10-14)9-12-3-5-13(6-4-12)16(17,18)19/h3-6,11,14H,7-10H2,1-2H3,(H,20,22). The molecule has 4 nitrogen and oxygen atoms in total. The highest BCUT2D eigenvalue weighted by molar-refractivity contribution is 5.80. The first-order valence-corrected chi connectivity index (χ1v) is 7.51. The Kier molecular flexibility index (Phi) is 5.64. The molecule has 0 spiro atoms. The van der Waals surface area contributed by atoms with Crippen molar-refractivity contribution in [3.8, 4) is 0 Å². The number of nitrogens with one attached hydrogen (secondary N) is 1. The number of rotatable bonds is 5. The van der Waals surface area contributed by atoms with Crippen LogP contribution in [0.5, 0.6) is 0 Å². The van der Waals surface area contributed by atoms with Crippen LogP contribution in [0.25, 0.3) is 0 Å². The van der Waals surface area contributed by atoms with Gasteiger partial charge < -0.3 is 10.1 Å². The summed E-state index contributed by atoms with van der Waals surface area (Å²) < 4.78 is 42.6. The van der Waals surface area contributed by atoms with E-state index in [0.29, 0.717) is 13.1 Å². The highest BCUT2D eigenvalue weighted by atomic mass is 19.4. The number of carbonyl (C=O) groups excluding carboxylic acids is 1. The fourth-order valence-electron chi connectivity index (χ4n) is 2.58. The lowest BCUT2D eigenvalue weighted by Crippen LogP contribution is -2.42. The van der Waals surface area contributed by atoms with Gasteiger partial charge in [0.25, 0.3) is 0 Å². The number of alkyl halides is 3. The average molecular weight is 330 g/mol. The third-order valence-corrected chi connectivity index (χ3v) is 4.03. The highest BCUT2D eigenvalue weighted by Crippen LogP contribution is 2.29. The molecule has 2 rings (SSSR count). The molecule has 1 amide bonds. The van der Waals surface area contributed by atoms with Gasteiger partial charge in [-0.1, -0.05) is 12.1 Å². The van der Waals surface area contributed by atoms with E-state index < -0.39 is 17.8 Å². The molecule has 1 saturated heterocycles. The van der Waals surface area contributed by atoms with Gasteiger partial charge >= 0.3 is 6.18 Å². The van der Waals surface area contributed by atoms with E-state index in [4.69, 9.17) is 4.74 Å². The van der Waals surface area contributed by atoms with Crippen molar-refractivity contribution in [3.05, 3.63) is 35.4 Å². The molecule has 1 aromatic carbocycles. The van der Waals surface area contributed by atoms with E-state index in [1.54, 1.807) is 6.92 Å². The van der Waals surface area contributed by atoms with Crippen LogP contribution in [-0.2, 0) is 22.3 Å². The summed E-state index contributed by atoms with van der Waals surface area (Å²) in [5.41, 5.74) is 0.191. The van der Waals surface area contributed by atoms with Crippen LogP contribution in [0.15, 0.2) is 24.3 Å². The number of methoxy groups -OCH3 is 1. The minimum Gasteiger partial charge on any atom is -0.372 e. The molecule has 7 heteroatoms. The van der Waals surface area contributed by atoms with Crippen LogP contribution in [0.1, 0.15) is 24.5 Å². The van der Waals surface area contributed by atoms with Crippen molar-refractivity contribution in [2.45, 2.75) is 38.2 Å². The van der Waals surface area contributed by atoms with Crippen molar-refractivity contribution in [1.29, 1.82) is 0 Å². The van der Waals surface area contributed by atoms with Gasteiger partial charge in [0.05, 0.1) is 5.56 Å². The number of benzene rings is 1. The van der Waals surface area contributed by atoms with Crippen LogP contribution < -0.4 is 5.32 Å². The Labute approximate surface area is 133 Å². The van der Waals surface area contributed by atoms with Gasteiger partial charge in [0, 0.05) is 32.8 Å². The molecule has 1 heterocycles. The first-order valence-electron chi connectivity index (χ1n) is 7.51. The van der Waals surface area contributed by atoms with Crippen LogP contribution in [0.3, 0.4) is 0 Å². The van der Waals surface area contributed by atoms with Crippen LogP contribution in [0.4, 0.5) is 13.2 Å². The Hall–Kier alpha value is -1.60. The van der Waals surface area contributed by atoms with Gasteiger partial charge in [-0.3, -0.25) is 9.69 Å². The number of amides is 1. The van der Waals surface area contributed by atoms with E-state index in [-0.39, 0.29) is 11.9 Å². The van der Waals surface area contributed by atoms with Crippen LogP contribution >= 0.6 is 0 Å². The minimum atomic E-state index is -4.31. The molecular weight excluding hydrogens is 309 g/mol. The molecule has 2 atom stereocenters. The number of ether oxygens (including phenoxy) is 1. The number of hydrogen-bond donors (Lipinski definition) is 1. The van der Waals surface area contributed by atoms with Gasteiger partial charge in [-0.2, -0.15) is 13.2 Å². The van der Waals surface area contributed by atoms with Gasteiger partial charge in [0.1, 0.15) is 6.10 Å². The first kappa shape index (κ1) is 17.7. The van der Waals surface area contributed by atoms with Gasteiger partial charge in [0.2, 0.25) is 5.91 Å². The highest BCUT2D eigenvalue weighted by Gasteiger charge is 2.30. The molecule has 1 aromatic rings. The van der Waals surface area contributed by atoms with Gasteiger partial charge in [0.15, 0.2) is 0 Å². The lowest BCUT2D eigenvalue weighted by Gasteiger charge is -2.18. The Morgan fingerprint density at radius 3 is 2.61 bits per heavy atom. The van der Waals surface area contributed by atoms with Crippen LogP contribution in [-0.4, -0.2) is 43.2 Å². The van der Waals surface area contributed by atoms with E-state index in [1.165, 1.54) is 19.2 Å². The molecule has 0 radical (unpaired) electrons. The molecule has 0 aromatic heterocycles. The van der Waals surface area contributed by atoms with E-state index in [1.807, 2.05) is 0 Å². The predicted octanol–water partition coefficient (Wildman–Crippen LogP) is 2.43. The SMILES string of the molecule is COC(C)C(=O)NC1CCN(Cc2ccc(C(F)(F)F)cc2)C1. The summed E-state index contributed by atoms with van der Waals surface area (Å²) in [6.45, 7) is 3.74. The fourth-order valence-corrected chi connectivity index (χ4v) is 2.58. The van der Waals surface area contributed by atoms with Crippen molar-refractivity contribution in [1.82, 2.24) is 10.2 Å². The molecule has 0 saturated carbocycles. The second-order valence-electron chi connectivity index (χ2n) is 5.80. The zero-order valence-electron chi connectivity index (χ0n) is 13.2. The Balaban J connectivity index is 1.85. The molecule has 128 valence electrons. The van der Waals surface area contributed by atoms with Crippen molar-refractivity contribution in [2.24, 2.45) is 0 Å². The van der Waals surface area contributed by atoms with E-state index in [0.717, 1.165) is 30.7 Å². The largest absolute Gasteiger partial charge is 0.416 e. The minimum absolute atomic E-state index is 0.0505. The summed E-state index contributed by atoms with van der Waals surface area (Å²) in [5, 5.41) is 2.92. The van der Waals surface area contributed by atoms with Gasteiger partial charge in [-0.05, 0) is 31.0 Å². The summed E-state index contributed by atoms with van der Waals surface area (Å²) >= 11 is 0. The summed E-state index contributed by atoms with van der Waals surface area (Å²) in [6.07, 6.45) is -3.97. The van der Waals surface area contributed by atoms with E-state index in [2.05, 4.69) is 10.2 Å². The van der Waals surface area contributed by atoms with Crippen LogP contribution in [0, 0.1) is 0 Å². The summed E-state index contributed by atoms with van der Waals surface area (Å²) in [6, 6.07) is 5.26. The molecule has 0 aliphatic carbocycles. The lowest BCUT2D eigenvalue weighted by atomic mass is 10.1. The monoisotopic (exact) mass is 330 g/mol. The van der Waals surface area contributed by atoms with Crippen molar-refractivity contribution < 1.29 is 22.7 Å². The zero-order valence-corrected chi connectivity index (χ0v) is 13.2. The van der Waals surface area contributed by atoms with Crippen molar-refractivity contribution in [2.75, 3.05) is 20.2 Å². The molecule has 2 unspecified atom stereocenters. The predicted molar refractivity (Wildman–Crippen MR) is 79.7 cm³/mol. The Bertz CT molecular complexity index is 531. The second-order valence-corrected chi connectivity index (χ2v) is 5.80. The summed E-state index contributed by atoms with van der Waals surface area (Å²) in [7, 11) is 1.48. The second kappa shape index (κ2) is 7.31. The molecule has 0 bridgehead atoms. The Morgan fingerprint density at radius 2 is 2.04 bits per heavy atom. The van der Waals surface area contributed by atoms with Crippen LogP contribution in [0.2, 0.25) is 0 Å². The van der Waals surface area contributed by atoms with Crippen molar-refractivity contribution in [3.63, 3.8) is 0 Å². The molecule has 1 aliphatic heterocycles. The number of halogens is 3. The third-order valence-electron chi connectivity index (χ3n) is 4.03. The smallest absolute Gasteiger partial charge is 0.372 e. The number of hydrogen-bond acceptors (Lipinski definition) is 3. The average Bonchev–Trinajstić information content (AvgIpc) is 2.93. The zero-order chi connectivity index (χ0) is 17.0. The quantitative estimate of drug-likeness (QED) is 0.902. The molecule has 1 N–H and O–H groups in total. The fraction of sp³-hybridized carbons (Fsp3) is 0.562. The van der Waals surface area contributed by atoms with Gasteiger partial charge in [-0.25, -0.2) is 0 Å². The summed E-state index contributed by atoms with van der Waals surface area (Å²) in [5.74, 6) is -0.145. The molecule has 23 heavy (non-hydrogen) atoms. The summed E-state index contributed by atoms with van der Waals surface area (Å²) in [4.78, 5) is 13.9. The lowest BCUT2D eigenvalue weighted by molar-refractivity contribution is -0.137. The first-order chi connectivity index (χ1) is 10.8. The Morgan fingerprint density at radius 1 is 1.39 bits per heavy atom. The maximum atomic E-state index is 12.5. The third kappa shape index (κ3) is 4.94. The number of nitrogens with zero attached hydrogens (tertiary/aromatic N) is 1. The van der Waals surface area contributed by atoms with Gasteiger partial charge in [-0.15, -0.1) is 0 Å². The molecule has 1 aliphatic rings. The number of carbonyl (C=O) groups is 1. The normalized spacial score (nSPS) is 20.5. The number of likely N-dealkylation sites (tertiary alicyclic amines) is 1. The maximum absolute atomic E-state index is 12.5. The van der Waals surface area contributed by atoms with Crippen molar-refractivity contribution >= 4 is 5.91 Å². The van der Waals surface area contributed by atoms with E-state index >= 15 is 0 Å². The molecular formula is C16H21F3N2O2. The van der Waals surface area contributed by atoms with E-state index in [9.17, 15) is 18.0 Å². The maximum Gasteiger partial charge on any atom is 0.416 e. The molecule has 1 fully saturated rings. The topological polar surface area (TPSA) is 41.6 Å².